The molecular formula is C21H50N2O4P+. The molecule has 0 heterocycles. The first-order valence-electron chi connectivity index (χ1n) is 11.0. The third-order valence-corrected chi connectivity index (χ3v) is 6.46. The van der Waals surface area contributed by atoms with Crippen LogP contribution in [0.4, 0.5) is 0 Å². The number of hydrogen-bond donors (Lipinski definition) is 1. The molecule has 0 aliphatic heterocycles. The number of unbranched alkanes of at least 4 members (excludes halogenated alkanes) is 2. The van der Waals surface area contributed by atoms with Crippen LogP contribution >= 0.6 is 7.82 Å². The fourth-order valence-electron chi connectivity index (χ4n) is 2.73. The molecule has 0 amide bonds. The van der Waals surface area contributed by atoms with Crippen LogP contribution in [0.25, 0.3) is 0 Å². The molecule has 7 heteroatoms. The summed E-state index contributed by atoms with van der Waals surface area (Å²) in [5, 5.41) is 0. The Labute approximate surface area is 175 Å². The summed E-state index contributed by atoms with van der Waals surface area (Å²) in [5.74, 6) is 0.817. The van der Waals surface area contributed by atoms with Gasteiger partial charge in [-0.25, -0.2) is 4.57 Å². The Morgan fingerprint density at radius 2 is 1.21 bits per heavy atom. The maximum atomic E-state index is 13.2. The first-order valence-corrected chi connectivity index (χ1v) is 12.5. The molecule has 2 unspecified atom stereocenters. The highest BCUT2D eigenvalue weighted by molar-refractivity contribution is 7.48. The summed E-state index contributed by atoms with van der Waals surface area (Å²) in [7, 11) is 2.75. The molecule has 0 rings (SSSR count). The minimum atomic E-state index is -3.51. The van der Waals surface area contributed by atoms with E-state index in [4.69, 9.17) is 13.6 Å². The molecule has 0 aromatic carbocycles. The molecule has 0 aromatic heterocycles. The Morgan fingerprint density at radius 3 is 1.54 bits per heavy atom. The molecule has 28 heavy (non-hydrogen) atoms. The Bertz CT molecular complexity index is 378. The highest BCUT2D eigenvalue weighted by atomic mass is 31.2. The van der Waals surface area contributed by atoms with Crippen molar-refractivity contribution in [3.63, 3.8) is 0 Å². The zero-order valence-corrected chi connectivity index (χ0v) is 20.8. The van der Waals surface area contributed by atoms with Gasteiger partial charge in [-0.15, -0.1) is 0 Å². The van der Waals surface area contributed by atoms with E-state index in [0.29, 0.717) is 31.7 Å². The van der Waals surface area contributed by atoms with Crippen LogP contribution in [0.15, 0.2) is 0 Å². The average Bonchev–Trinajstić information content (AvgIpc) is 2.61. The lowest BCUT2D eigenvalue weighted by molar-refractivity contribution is -0.870. The van der Waals surface area contributed by atoms with E-state index in [2.05, 4.69) is 48.8 Å². The van der Waals surface area contributed by atoms with Gasteiger partial charge >= 0.3 is 7.82 Å². The fraction of sp³-hybridized carbons (Fsp3) is 1.00. The molecule has 172 valence electrons. The molecule has 0 fully saturated rings. The zero-order chi connectivity index (χ0) is 20.8. The van der Waals surface area contributed by atoms with Crippen LogP contribution in [0.3, 0.4) is 0 Å². The molecule has 0 spiro atoms. The van der Waals surface area contributed by atoms with Crippen LogP contribution < -0.4 is 6.15 Å². The summed E-state index contributed by atoms with van der Waals surface area (Å²) in [4.78, 5) is 0. The van der Waals surface area contributed by atoms with E-state index in [1.165, 1.54) is 25.7 Å². The van der Waals surface area contributed by atoms with Crippen LogP contribution in [0.5, 0.6) is 0 Å². The normalized spacial score (nSPS) is 16.2. The van der Waals surface area contributed by atoms with Gasteiger partial charge in [-0.2, -0.15) is 0 Å². The van der Waals surface area contributed by atoms with Gasteiger partial charge in [0.25, 0.3) is 0 Å². The standard InChI is InChI=1S/C21H47NO4P.H3N/c1-8-12-14-20(10-3)18-25-27(23,24-17-16-22(5,6)7)26-19-21(11-4)15-13-9-2;/h20-21H,8-19H2,1-7H3;1H3/q+1;. The van der Waals surface area contributed by atoms with Gasteiger partial charge in [0.2, 0.25) is 0 Å². The van der Waals surface area contributed by atoms with Crippen molar-refractivity contribution in [2.24, 2.45) is 11.8 Å². The number of phosphoric ester groups is 1. The van der Waals surface area contributed by atoms with Crippen molar-refractivity contribution < 1.29 is 22.6 Å². The predicted molar refractivity (Wildman–Crippen MR) is 120 cm³/mol. The molecule has 3 N–H and O–H groups in total. The summed E-state index contributed by atoms with van der Waals surface area (Å²) in [6.45, 7) is 10.7. The summed E-state index contributed by atoms with van der Waals surface area (Å²) in [5.41, 5.74) is 0. The quantitative estimate of drug-likeness (QED) is 0.202. The minimum Gasteiger partial charge on any atom is -0.344 e. The summed E-state index contributed by atoms with van der Waals surface area (Å²) < 4.78 is 31.3. The third kappa shape index (κ3) is 15.9. The molecule has 6 nitrogen and oxygen atoms in total. The van der Waals surface area contributed by atoms with Crippen molar-refractivity contribution in [2.45, 2.75) is 79.1 Å². The molecule has 0 radical (unpaired) electrons. The number of likely N-dealkylation sites (N-methyl/N-ethyl adjacent to an activating group) is 1. The number of rotatable bonds is 18. The Hall–Kier alpha value is 0.0300. The van der Waals surface area contributed by atoms with E-state index in [0.717, 1.165) is 36.7 Å². The smallest absolute Gasteiger partial charge is 0.344 e. The second-order valence-electron chi connectivity index (χ2n) is 8.72. The lowest BCUT2D eigenvalue weighted by atomic mass is 10.0. The van der Waals surface area contributed by atoms with Gasteiger partial charge in [0.1, 0.15) is 13.2 Å². The van der Waals surface area contributed by atoms with Gasteiger partial charge in [0.15, 0.2) is 0 Å². The fourth-order valence-corrected chi connectivity index (χ4v) is 4.04. The van der Waals surface area contributed by atoms with Crippen LogP contribution in [-0.2, 0) is 18.1 Å². The van der Waals surface area contributed by atoms with Crippen molar-refractivity contribution in [2.75, 3.05) is 47.5 Å². The summed E-state index contributed by atoms with van der Waals surface area (Å²) >= 11 is 0. The first-order chi connectivity index (χ1) is 12.7. The highest BCUT2D eigenvalue weighted by Gasteiger charge is 2.30. The van der Waals surface area contributed by atoms with Crippen molar-refractivity contribution in [3.8, 4) is 0 Å². The number of phosphoric acid groups is 1. The molecule has 0 saturated heterocycles. The summed E-state index contributed by atoms with van der Waals surface area (Å²) in [6.07, 6.45) is 8.91. The molecule has 0 aliphatic carbocycles. The van der Waals surface area contributed by atoms with Gasteiger partial charge in [-0.05, 0) is 24.7 Å². The monoisotopic (exact) mass is 425 g/mol. The maximum absolute atomic E-state index is 13.2. The highest BCUT2D eigenvalue weighted by Crippen LogP contribution is 2.50. The van der Waals surface area contributed by atoms with Crippen LogP contribution in [0.2, 0.25) is 0 Å². The number of nitrogens with zero attached hydrogens (tertiary/aromatic N) is 1. The lowest BCUT2D eigenvalue weighted by Crippen LogP contribution is -2.37. The van der Waals surface area contributed by atoms with Gasteiger partial charge in [0, 0.05) is 0 Å². The average molecular weight is 426 g/mol. The molecule has 0 saturated carbocycles. The van der Waals surface area contributed by atoms with Crippen molar-refractivity contribution >= 4 is 7.82 Å². The van der Waals surface area contributed by atoms with E-state index in [1.807, 2.05) is 0 Å². The molecule has 0 aromatic rings. The third-order valence-electron chi connectivity index (χ3n) is 5.03. The van der Waals surface area contributed by atoms with E-state index in [-0.39, 0.29) is 6.15 Å². The van der Waals surface area contributed by atoms with E-state index in [1.54, 1.807) is 0 Å². The van der Waals surface area contributed by atoms with E-state index in [9.17, 15) is 4.57 Å². The van der Waals surface area contributed by atoms with Crippen LogP contribution in [-0.4, -0.2) is 52.0 Å². The molecule has 2 atom stereocenters. The van der Waals surface area contributed by atoms with Gasteiger partial charge in [0.05, 0.1) is 34.4 Å². The Kier molecular flexibility index (Phi) is 18.1. The summed E-state index contributed by atoms with van der Waals surface area (Å²) in [6, 6.07) is 0. The van der Waals surface area contributed by atoms with E-state index < -0.39 is 7.82 Å². The predicted octanol–water partition coefficient (Wildman–Crippen LogP) is 6.45. The zero-order valence-electron chi connectivity index (χ0n) is 19.9. The minimum absolute atomic E-state index is 0. The first kappa shape index (κ1) is 30.2. The molecule has 0 bridgehead atoms. The van der Waals surface area contributed by atoms with E-state index >= 15 is 0 Å². The number of quaternary nitrogens is 1. The van der Waals surface area contributed by atoms with Crippen molar-refractivity contribution in [1.82, 2.24) is 6.15 Å². The van der Waals surface area contributed by atoms with Gasteiger partial charge in [-0.3, -0.25) is 13.6 Å². The van der Waals surface area contributed by atoms with Crippen LogP contribution in [0.1, 0.15) is 79.1 Å². The SMILES string of the molecule is CCCCC(CC)COP(=O)(OCC[N+](C)(C)C)OCC(CC)CCCC.N. The topological polar surface area (TPSA) is 79.8 Å². The Balaban J connectivity index is 0. The Morgan fingerprint density at radius 1 is 0.786 bits per heavy atom. The van der Waals surface area contributed by atoms with Gasteiger partial charge in [-0.1, -0.05) is 66.2 Å². The largest absolute Gasteiger partial charge is 0.475 e. The second-order valence-corrected chi connectivity index (χ2v) is 10.4. The van der Waals surface area contributed by atoms with Crippen molar-refractivity contribution in [1.29, 1.82) is 0 Å². The number of hydrogen-bond acceptors (Lipinski definition) is 5. The maximum Gasteiger partial charge on any atom is 0.475 e. The van der Waals surface area contributed by atoms with Gasteiger partial charge < -0.3 is 10.6 Å². The molecule has 0 aliphatic rings. The van der Waals surface area contributed by atoms with Crippen LogP contribution in [0, 0.1) is 11.8 Å². The molecular weight excluding hydrogens is 375 g/mol. The second kappa shape index (κ2) is 16.8. The van der Waals surface area contributed by atoms with Crippen molar-refractivity contribution in [3.05, 3.63) is 0 Å². The lowest BCUT2D eigenvalue weighted by Gasteiger charge is -2.26.